The number of carbonyl (C=O) groups is 4. The van der Waals surface area contributed by atoms with E-state index < -0.39 is 59.5 Å². The maximum atomic E-state index is 14.8. The molecule has 50 heavy (non-hydrogen) atoms. The van der Waals surface area contributed by atoms with Crippen LogP contribution in [0.1, 0.15) is 49.3 Å². The van der Waals surface area contributed by atoms with Crippen LogP contribution in [-0.2, 0) is 33.4 Å². The van der Waals surface area contributed by atoms with E-state index in [9.17, 15) is 24.3 Å². The Morgan fingerprint density at radius 1 is 1.18 bits per heavy atom. The van der Waals surface area contributed by atoms with Gasteiger partial charge >= 0.3 is 5.97 Å². The quantitative estimate of drug-likeness (QED) is 0.184. The van der Waals surface area contributed by atoms with Crippen LogP contribution in [0.4, 0.5) is 5.69 Å². The zero-order chi connectivity index (χ0) is 36.0. The first-order valence-corrected chi connectivity index (χ1v) is 17.4. The number of nitrogens with zero attached hydrogens (tertiary/aromatic N) is 2. The SMILES string of the molecule is C=CCCC(=O)N[C@H](COC)[C@H](OC(=O)[C@@H]1[C@H]2C(=O)N(CCCO)[C@H](C(=O)N(CC=C)c3c(C)cccc3Cl)[C@]23CC[C@H]1O3)c1ccccc1. The van der Waals surface area contributed by atoms with Crippen LogP contribution in [0.5, 0.6) is 0 Å². The van der Waals surface area contributed by atoms with Gasteiger partial charge in [-0.05, 0) is 49.8 Å². The fourth-order valence-corrected chi connectivity index (χ4v) is 8.16. The molecule has 268 valence electrons. The minimum Gasteiger partial charge on any atom is -0.455 e. The van der Waals surface area contributed by atoms with Crippen LogP contribution < -0.4 is 10.2 Å². The number of aliphatic hydroxyl groups is 1. The highest BCUT2D eigenvalue weighted by atomic mass is 35.5. The van der Waals surface area contributed by atoms with E-state index in [1.807, 2.05) is 19.1 Å². The summed E-state index contributed by atoms with van der Waals surface area (Å²) in [7, 11) is 1.50. The number of para-hydroxylation sites is 1. The third-order valence-corrected chi connectivity index (χ3v) is 10.2. The Morgan fingerprint density at radius 2 is 1.94 bits per heavy atom. The normalized spacial score (nSPS) is 24.7. The smallest absolute Gasteiger partial charge is 0.313 e. The summed E-state index contributed by atoms with van der Waals surface area (Å²) in [5.41, 5.74) is 0.595. The van der Waals surface area contributed by atoms with Crippen molar-refractivity contribution in [3.8, 4) is 0 Å². The predicted octanol–water partition coefficient (Wildman–Crippen LogP) is 4.31. The zero-order valence-electron chi connectivity index (χ0n) is 28.6. The molecule has 12 heteroatoms. The van der Waals surface area contributed by atoms with Gasteiger partial charge in [0.1, 0.15) is 17.7 Å². The first-order valence-electron chi connectivity index (χ1n) is 17.0. The van der Waals surface area contributed by atoms with Gasteiger partial charge in [-0.15, -0.1) is 13.2 Å². The first kappa shape index (κ1) is 37.2. The van der Waals surface area contributed by atoms with Crippen molar-refractivity contribution < 1.29 is 38.5 Å². The molecular weight excluding hydrogens is 662 g/mol. The summed E-state index contributed by atoms with van der Waals surface area (Å²) in [5, 5.41) is 13.1. The van der Waals surface area contributed by atoms with E-state index in [0.717, 1.165) is 5.56 Å². The lowest BCUT2D eigenvalue weighted by molar-refractivity contribution is -0.163. The number of fused-ring (bicyclic) bond motifs is 1. The van der Waals surface area contributed by atoms with Crippen molar-refractivity contribution in [3.63, 3.8) is 0 Å². The number of aryl methyl sites for hydroxylation is 1. The van der Waals surface area contributed by atoms with Crippen LogP contribution in [0.15, 0.2) is 73.8 Å². The van der Waals surface area contributed by atoms with Crippen molar-refractivity contribution in [2.45, 2.75) is 68.9 Å². The van der Waals surface area contributed by atoms with Gasteiger partial charge in [-0.25, -0.2) is 0 Å². The highest BCUT2D eigenvalue weighted by Gasteiger charge is 2.75. The number of carbonyl (C=O) groups excluding carboxylic acids is 4. The molecular formula is C38H46ClN3O8. The van der Waals surface area contributed by atoms with Crippen LogP contribution >= 0.6 is 11.6 Å². The molecule has 3 aliphatic heterocycles. The standard InChI is InChI=1S/C38H46ClN3O8/c1-5-7-17-29(44)40-27(23-48-4)33(25-14-9-8-10-15-25)49-37(47)30-28-18-19-38(50-28)31(30)35(45)42(21-12-22-43)34(38)36(46)41(20-6-2)32-24(3)13-11-16-26(32)39/h5-6,8-11,13-16,27-28,30-31,33-34,43H,1-2,7,12,17-23H2,3-4H3,(H,40,44)/t27-,28-,30+,31+,33-,34-,38+/m1/s1. The van der Waals surface area contributed by atoms with Crippen LogP contribution in [0, 0.1) is 18.8 Å². The lowest BCUT2D eigenvalue weighted by Crippen LogP contribution is -2.56. The topological polar surface area (TPSA) is 135 Å². The monoisotopic (exact) mass is 707 g/mol. The molecule has 0 aromatic heterocycles. The number of hydrogen-bond acceptors (Lipinski definition) is 8. The molecule has 3 heterocycles. The van der Waals surface area contributed by atoms with E-state index >= 15 is 0 Å². The summed E-state index contributed by atoms with van der Waals surface area (Å²) >= 11 is 6.64. The Balaban J connectivity index is 1.50. The van der Waals surface area contributed by atoms with Crippen molar-refractivity contribution in [1.82, 2.24) is 10.2 Å². The van der Waals surface area contributed by atoms with E-state index in [0.29, 0.717) is 35.5 Å². The molecule has 2 aromatic rings. The summed E-state index contributed by atoms with van der Waals surface area (Å²) in [6.07, 6.45) is 3.34. The molecule has 3 amide bonds. The Kier molecular flexibility index (Phi) is 12.2. The largest absolute Gasteiger partial charge is 0.455 e. The van der Waals surface area contributed by atoms with Crippen molar-refractivity contribution in [2.75, 3.05) is 38.3 Å². The molecule has 5 rings (SSSR count). The molecule has 7 atom stereocenters. The Hall–Kier alpha value is -4.03. The highest BCUT2D eigenvalue weighted by Crippen LogP contribution is 2.59. The van der Waals surface area contributed by atoms with Gasteiger partial charge in [0.15, 0.2) is 0 Å². The number of halogens is 1. The Morgan fingerprint density at radius 3 is 2.60 bits per heavy atom. The van der Waals surface area contributed by atoms with Gasteiger partial charge in [0, 0.05) is 33.2 Å². The van der Waals surface area contributed by atoms with Gasteiger partial charge in [-0.2, -0.15) is 0 Å². The maximum Gasteiger partial charge on any atom is 0.313 e. The summed E-state index contributed by atoms with van der Waals surface area (Å²) in [5.74, 6) is -3.74. The zero-order valence-corrected chi connectivity index (χ0v) is 29.3. The van der Waals surface area contributed by atoms with Crippen molar-refractivity contribution in [2.24, 2.45) is 11.8 Å². The molecule has 0 aliphatic carbocycles. The molecule has 2 N–H and O–H groups in total. The number of ether oxygens (including phenoxy) is 3. The van der Waals surface area contributed by atoms with Crippen molar-refractivity contribution in [3.05, 3.63) is 90.0 Å². The van der Waals surface area contributed by atoms with Gasteiger partial charge in [0.25, 0.3) is 5.91 Å². The number of esters is 1. The third kappa shape index (κ3) is 7.10. The number of hydrogen-bond donors (Lipinski definition) is 2. The van der Waals surface area contributed by atoms with Gasteiger partial charge in [-0.3, -0.25) is 19.2 Å². The van der Waals surface area contributed by atoms with Crippen LogP contribution in [0.25, 0.3) is 0 Å². The number of likely N-dealkylation sites (tertiary alicyclic amines) is 1. The summed E-state index contributed by atoms with van der Waals surface area (Å²) in [6, 6.07) is 12.6. The highest BCUT2D eigenvalue weighted by molar-refractivity contribution is 6.34. The van der Waals surface area contributed by atoms with E-state index in [2.05, 4.69) is 18.5 Å². The average molecular weight is 708 g/mol. The minimum atomic E-state index is -1.31. The van der Waals surface area contributed by atoms with Gasteiger partial charge in [-0.1, -0.05) is 66.2 Å². The number of anilines is 1. The van der Waals surface area contributed by atoms with E-state index in [-0.39, 0.29) is 45.1 Å². The lowest BCUT2D eigenvalue weighted by Gasteiger charge is -2.37. The number of allylic oxidation sites excluding steroid dienone is 1. The molecule has 1 spiro atoms. The molecule has 3 saturated heterocycles. The van der Waals surface area contributed by atoms with Gasteiger partial charge in [0.2, 0.25) is 11.8 Å². The second-order valence-electron chi connectivity index (χ2n) is 13.0. The third-order valence-electron chi connectivity index (χ3n) is 9.90. The van der Waals surface area contributed by atoms with E-state index in [1.54, 1.807) is 48.6 Å². The first-order chi connectivity index (χ1) is 24.1. The molecule has 0 radical (unpaired) electrons. The predicted molar refractivity (Wildman–Crippen MR) is 188 cm³/mol. The second-order valence-corrected chi connectivity index (χ2v) is 13.4. The number of rotatable bonds is 17. The van der Waals surface area contributed by atoms with Crippen LogP contribution in [0.2, 0.25) is 5.02 Å². The van der Waals surface area contributed by atoms with Gasteiger partial charge < -0.3 is 34.4 Å². The Labute approximate surface area is 298 Å². The number of methoxy groups -OCH3 is 1. The molecule has 11 nitrogen and oxygen atoms in total. The van der Waals surface area contributed by atoms with Crippen LogP contribution in [-0.4, -0.2) is 90.9 Å². The number of amides is 3. The molecule has 2 bridgehead atoms. The summed E-state index contributed by atoms with van der Waals surface area (Å²) in [4.78, 5) is 59.4. The van der Waals surface area contributed by atoms with Crippen molar-refractivity contribution >= 4 is 41.0 Å². The van der Waals surface area contributed by atoms with E-state index in [4.69, 9.17) is 25.8 Å². The van der Waals surface area contributed by atoms with Crippen LogP contribution in [0.3, 0.4) is 0 Å². The minimum absolute atomic E-state index is 0.0513. The van der Waals surface area contributed by atoms with Crippen molar-refractivity contribution in [1.29, 1.82) is 0 Å². The lowest BCUT2D eigenvalue weighted by atomic mass is 9.70. The Bertz CT molecular complexity index is 1570. The molecule has 3 aliphatic rings. The van der Waals surface area contributed by atoms with Gasteiger partial charge in [0.05, 0.1) is 41.3 Å². The fourth-order valence-electron chi connectivity index (χ4n) is 7.84. The maximum absolute atomic E-state index is 14.8. The van der Waals surface area contributed by atoms with E-state index in [1.165, 1.54) is 16.9 Å². The molecule has 0 unspecified atom stereocenters. The number of nitrogens with one attached hydrogen (secondary N) is 1. The number of aliphatic hydroxyl groups excluding tert-OH is 1. The fraction of sp³-hybridized carbons (Fsp3) is 0.474. The molecule has 2 aromatic carbocycles. The summed E-state index contributed by atoms with van der Waals surface area (Å²) < 4.78 is 18.3. The molecule has 3 fully saturated rings. The average Bonchev–Trinajstić information content (AvgIpc) is 3.75. The number of benzene rings is 2. The molecule has 0 saturated carbocycles. The second kappa shape index (κ2) is 16.3. The summed E-state index contributed by atoms with van der Waals surface area (Å²) in [6.45, 7) is 9.44.